The average Bonchev–Trinajstić information content (AvgIpc) is 3.23. The molecule has 0 amide bonds. The smallest absolute Gasteiger partial charge is 0.187 e. The number of nitrogens with one attached hydrogen (secondary N) is 1. The van der Waals surface area contributed by atoms with Crippen LogP contribution in [0, 0.1) is 0 Å². The summed E-state index contributed by atoms with van der Waals surface area (Å²) in [6, 6.07) is 2.32. The Bertz CT molecular complexity index is 789. The first-order chi connectivity index (χ1) is 11.1. The van der Waals surface area contributed by atoms with E-state index in [2.05, 4.69) is 20.4 Å². The lowest BCUT2D eigenvalue weighted by molar-refractivity contribution is 0.112. The first-order valence-electron chi connectivity index (χ1n) is 7.53. The molecule has 3 rings (SSSR count). The van der Waals surface area contributed by atoms with Gasteiger partial charge in [-0.2, -0.15) is 9.61 Å². The van der Waals surface area contributed by atoms with Crippen LogP contribution >= 0.6 is 0 Å². The molecule has 1 N–H and O–H groups in total. The molecule has 1 saturated carbocycles. The zero-order chi connectivity index (χ0) is 16.4. The molecule has 23 heavy (non-hydrogen) atoms. The lowest BCUT2D eigenvalue weighted by atomic mass is 10.2. The maximum absolute atomic E-state index is 12.7. The predicted octanol–water partition coefficient (Wildman–Crippen LogP) is 2.91. The number of aldehydes is 1. The Labute approximate surface area is 133 Å². The second-order valence-corrected chi connectivity index (χ2v) is 5.62. The fraction of sp³-hybridized carbons (Fsp3) is 0.375. The summed E-state index contributed by atoms with van der Waals surface area (Å²) in [4.78, 5) is 19.3. The van der Waals surface area contributed by atoms with Crippen molar-refractivity contribution in [2.75, 3.05) is 5.32 Å². The molecule has 0 radical (unpaired) electrons. The second-order valence-electron chi connectivity index (χ2n) is 5.62. The number of carbonyl (C=O) groups is 1. The fourth-order valence-electron chi connectivity index (χ4n) is 2.16. The summed E-state index contributed by atoms with van der Waals surface area (Å²) >= 11 is 0. The standard InChI is InChI=1S/C16H18FN5O/c1-10(5-6-18-11(2)17)14-7-15(20-13-3-4-13)22-16(21-14)12(9-23)8-19-22/h5-9,11,13,20H,3-4H2,1-2H3/b10-5+,18-6-. The third-order valence-electron chi connectivity index (χ3n) is 3.58. The highest BCUT2D eigenvalue weighted by atomic mass is 19.1. The predicted molar refractivity (Wildman–Crippen MR) is 87.7 cm³/mol. The Balaban J connectivity index is 2.03. The van der Waals surface area contributed by atoms with Crippen LogP contribution in [0.1, 0.15) is 42.7 Å². The maximum Gasteiger partial charge on any atom is 0.187 e. The molecule has 6 nitrogen and oxygen atoms in total. The van der Waals surface area contributed by atoms with Gasteiger partial charge >= 0.3 is 0 Å². The Morgan fingerprint density at radius 2 is 2.35 bits per heavy atom. The number of rotatable bonds is 6. The van der Waals surface area contributed by atoms with Gasteiger partial charge in [0, 0.05) is 18.3 Å². The second kappa shape index (κ2) is 6.28. The average molecular weight is 315 g/mol. The van der Waals surface area contributed by atoms with E-state index in [0.717, 1.165) is 30.5 Å². The molecule has 1 aliphatic rings. The zero-order valence-electron chi connectivity index (χ0n) is 13.0. The van der Waals surface area contributed by atoms with E-state index in [-0.39, 0.29) is 0 Å². The third-order valence-corrected chi connectivity index (χ3v) is 3.58. The highest BCUT2D eigenvalue weighted by Crippen LogP contribution is 2.27. The number of hydrogen-bond donors (Lipinski definition) is 1. The fourth-order valence-corrected chi connectivity index (χ4v) is 2.16. The molecule has 2 aromatic heterocycles. The minimum Gasteiger partial charge on any atom is -0.367 e. The van der Waals surface area contributed by atoms with Crippen molar-refractivity contribution in [3.8, 4) is 0 Å². The van der Waals surface area contributed by atoms with Crippen molar-refractivity contribution >= 4 is 29.5 Å². The number of aromatic nitrogens is 3. The van der Waals surface area contributed by atoms with Gasteiger partial charge in [-0.15, -0.1) is 0 Å². The monoisotopic (exact) mass is 315 g/mol. The van der Waals surface area contributed by atoms with Crippen molar-refractivity contribution in [2.45, 2.75) is 39.0 Å². The molecule has 0 aliphatic heterocycles. The molecule has 0 bridgehead atoms. The van der Waals surface area contributed by atoms with Gasteiger partial charge in [-0.05, 0) is 38.3 Å². The van der Waals surface area contributed by atoms with Crippen molar-refractivity contribution < 1.29 is 9.18 Å². The molecule has 0 spiro atoms. The van der Waals surface area contributed by atoms with Crippen molar-refractivity contribution in [3.63, 3.8) is 0 Å². The summed E-state index contributed by atoms with van der Waals surface area (Å²) in [5.74, 6) is 0.796. The molecule has 2 heterocycles. The normalized spacial score (nSPS) is 16.9. The number of halogens is 1. The number of aliphatic imine (C=N–C) groups is 1. The quantitative estimate of drug-likeness (QED) is 0.505. The minimum atomic E-state index is -1.24. The van der Waals surface area contributed by atoms with E-state index in [1.807, 2.05) is 13.0 Å². The molecule has 1 atom stereocenters. The van der Waals surface area contributed by atoms with Gasteiger partial charge in [0.15, 0.2) is 18.2 Å². The SMILES string of the molecule is C/C(=C\C=N/C(C)F)c1cc(NC2CC2)n2ncc(C=O)c2n1. The number of hydrogen-bond acceptors (Lipinski definition) is 5. The van der Waals surface area contributed by atoms with Crippen LogP contribution in [-0.4, -0.2) is 39.4 Å². The number of carbonyl (C=O) groups excluding carboxylic acids is 1. The number of fused-ring (bicyclic) bond motifs is 1. The summed E-state index contributed by atoms with van der Waals surface area (Å²) in [5.41, 5.74) is 2.46. The molecule has 0 saturated heterocycles. The largest absolute Gasteiger partial charge is 0.367 e. The summed E-state index contributed by atoms with van der Waals surface area (Å²) in [5, 5.41) is 7.61. The van der Waals surface area contributed by atoms with Crippen LogP contribution in [0.15, 0.2) is 23.3 Å². The Kier molecular flexibility index (Phi) is 4.18. The van der Waals surface area contributed by atoms with Gasteiger partial charge in [-0.3, -0.25) is 9.79 Å². The van der Waals surface area contributed by atoms with Gasteiger partial charge in [0.2, 0.25) is 0 Å². The van der Waals surface area contributed by atoms with Crippen LogP contribution in [0.5, 0.6) is 0 Å². The van der Waals surface area contributed by atoms with Crippen LogP contribution in [0.25, 0.3) is 11.2 Å². The Morgan fingerprint density at radius 3 is 3.00 bits per heavy atom. The summed E-state index contributed by atoms with van der Waals surface area (Å²) < 4.78 is 14.4. The van der Waals surface area contributed by atoms with Gasteiger partial charge in [0.25, 0.3) is 0 Å². The van der Waals surface area contributed by atoms with Gasteiger partial charge in [-0.1, -0.05) is 0 Å². The molecule has 120 valence electrons. The number of alkyl halides is 1. The van der Waals surface area contributed by atoms with Gasteiger partial charge < -0.3 is 5.32 Å². The third kappa shape index (κ3) is 3.44. The van der Waals surface area contributed by atoms with E-state index < -0.39 is 6.30 Å². The van der Waals surface area contributed by atoms with Crippen LogP contribution in [0.3, 0.4) is 0 Å². The molecular weight excluding hydrogens is 297 g/mol. The first kappa shape index (κ1) is 15.3. The van der Waals surface area contributed by atoms with Crippen molar-refractivity contribution in [1.29, 1.82) is 0 Å². The molecule has 1 unspecified atom stereocenters. The van der Waals surface area contributed by atoms with Crippen LogP contribution < -0.4 is 5.32 Å². The highest BCUT2D eigenvalue weighted by Gasteiger charge is 2.23. The highest BCUT2D eigenvalue weighted by molar-refractivity contribution is 5.87. The van der Waals surface area contributed by atoms with Gasteiger partial charge in [0.1, 0.15) is 5.82 Å². The van der Waals surface area contributed by atoms with Gasteiger partial charge in [0.05, 0.1) is 17.5 Å². The van der Waals surface area contributed by atoms with Crippen LogP contribution in [0.4, 0.5) is 10.2 Å². The zero-order valence-corrected chi connectivity index (χ0v) is 13.0. The first-order valence-corrected chi connectivity index (χ1v) is 7.53. The summed E-state index contributed by atoms with van der Waals surface area (Å²) in [6.07, 6.45) is 6.38. The molecule has 1 aliphatic carbocycles. The lowest BCUT2D eigenvalue weighted by Crippen LogP contribution is -2.09. The van der Waals surface area contributed by atoms with Crippen molar-refractivity contribution in [1.82, 2.24) is 14.6 Å². The van der Waals surface area contributed by atoms with Crippen molar-refractivity contribution in [3.05, 3.63) is 29.6 Å². The molecule has 0 aromatic carbocycles. The van der Waals surface area contributed by atoms with E-state index in [1.165, 1.54) is 19.3 Å². The van der Waals surface area contributed by atoms with E-state index in [4.69, 9.17) is 0 Å². The van der Waals surface area contributed by atoms with E-state index >= 15 is 0 Å². The maximum atomic E-state index is 12.7. The number of anilines is 1. The van der Waals surface area contributed by atoms with Crippen molar-refractivity contribution in [2.24, 2.45) is 4.99 Å². The number of nitrogens with zero attached hydrogens (tertiary/aromatic N) is 4. The molecule has 2 aromatic rings. The summed E-state index contributed by atoms with van der Waals surface area (Å²) in [7, 11) is 0. The Hall–Kier alpha value is -2.57. The van der Waals surface area contributed by atoms with E-state index in [0.29, 0.717) is 22.9 Å². The molecular formula is C16H18FN5O. The summed E-state index contributed by atoms with van der Waals surface area (Å²) in [6.45, 7) is 3.23. The van der Waals surface area contributed by atoms with Gasteiger partial charge in [-0.25, -0.2) is 9.37 Å². The van der Waals surface area contributed by atoms with E-state index in [1.54, 1.807) is 10.6 Å². The molecule has 7 heteroatoms. The lowest BCUT2D eigenvalue weighted by Gasteiger charge is -2.10. The van der Waals surface area contributed by atoms with Crippen LogP contribution in [0.2, 0.25) is 0 Å². The molecule has 1 fully saturated rings. The Morgan fingerprint density at radius 1 is 1.57 bits per heavy atom. The minimum absolute atomic E-state index is 0.435. The topological polar surface area (TPSA) is 71.7 Å². The van der Waals surface area contributed by atoms with Crippen LogP contribution in [-0.2, 0) is 0 Å². The number of allylic oxidation sites excluding steroid dienone is 2. The van der Waals surface area contributed by atoms with E-state index in [9.17, 15) is 9.18 Å².